The smallest absolute Gasteiger partial charge is 0.245 e. The molecule has 0 amide bonds. The Labute approximate surface area is 120 Å². The maximum atomic E-state index is 12.5. The molecule has 6 nitrogen and oxygen atoms in total. The van der Waals surface area contributed by atoms with Gasteiger partial charge in [-0.1, -0.05) is 6.92 Å². The number of sulfone groups is 1. The number of hydrogen-bond donors (Lipinski definition) is 1. The molecule has 20 heavy (non-hydrogen) atoms. The first-order valence-electron chi connectivity index (χ1n) is 6.09. The highest BCUT2D eigenvalue weighted by molar-refractivity contribution is 7.91. The van der Waals surface area contributed by atoms with Crippen LogP contribution in [0.25, 0.3) is 0 Å². The predicted molar refractivity (Wildman–Crippen MR) is 78.7 cm³/mol. The van der Waals surface area contributed by atoms with Gasteiger partial charge in [0.15, 0.2) is 9.84 Å². The molecular weight excluding hydrogens is 300 g/mol. The van der Waals surface area contributed by atoms with Crippen molar-refractivity contribution in [2.24, 2.45) is 0 Å². The molecule has 1 atom stereocenters. The summed E-state index contributed by atoms with van der Waals surface area (Å²) < 4.78 is 49.2. The minimum atomic E-state index is -3.82. The van der Waals surface area contributed by atoms with Crippen LogP contribution in [0.1, 0.15) is 20.3 Å². The summed E-state index contributed by atoms with van der Waals surface area (Å²) in [5.41, 5.74) is 5.73. The lowest BCUT2D eigenvalue weighted by Gasteiger charge is -2.24. The van der Waals surface area contributed by atoms with Crippen molar-refractivity contribution >= 4 is 25.5 Å². The van der Waals surface area contributed by atoms with Crippen LogP contribution < -0.4 is 5.73 Å². The van der Waals surface area contributed by atoms with Gasteiger partial charge in [0.1, 0.15) is 4.90 Å². The zero-order valence-electron chi connectivity index (χ0n) is 12.0. The Balaban J connectivity index is 3.46. The van der Waals surface area contributed by atoms with E-state index in [9.17, 15) is 16.8 Å². The van der Waals surface area contributed by atoms with Crippen LogP contribution in [-0.2, 0) is 19.9 Å². The third kappa shape index (κ3) is 3.31. The highest BCUT2D eigenvalue weighted by Crippen LogP contribution is 2.26. The number of nitrogens with two attached hydrogens (primary N) is 1. The molecule has 114 valence electrons. The summed E-state index contributed by atoms with van der Waals surface area (Å²) >= 11 is 0. The molecule has 0 fully saturated rings. The lowest BCUT2D eigenvalue weighted by atomic mass is 10.3. The molecule has 1 unspecified atom stereocenters. The highest BCUT2D eigenvalue weighted by atomic mass is 32.2. The maximum Gasteiger partial charge on any atom is 0.245 e. The van der Waals surface area contributed by atoms with Gasteiger partial charge < -0.3 is 5.73 Å². The number of benzene rings is 1. The van der Waals surface area contributed by atoms with Gasteiger partial charge in [0.05, 0.1) is 10.6 Å². The molecule has 0 saturated carbocycles. The van der Waals surface area contributed by atoms with Crippen molar-refractivity contribution in [1.82, 2.24) is 4.31 Å². The Morgan fingerprint density at radius 3 is 2.25 bits per heavy atom. The predicted octanol–water partition coefficient (Wildman–Crippen LogP) is 1.09. The normalized spacial score (nSPS) is 14.4. The largest absolute Gasteiger partial charge is 0.398 e. The summed E-state index contributed by atoms with van der Waals surface area (Å²) in [7, 11) is -5.86. The molecule has 1 aromatic carbocycles. The molecule has 0 aromatic heterocycles. The van der Waals surface area contributed by atoms with Crippen LogP contribution >= 0.6 is 0 Å². The average Bonchev–Trinajstić information content (AvgIpc) is 2.35. The Bertz CT molecular complexity index is 696. The average molecular weight is 320 g/mol. The van der Waals surface area contributed by atoms with E-state index in [1.54, 1.807) is 6.92 Å². The van der Waals surface area contributed by atoms with Gasteiger partial charge in [-0.05, 0) is 31.5 Å². The van der Waals surface area contributed by atoms with Crippen LogP contribution in [0.4, 0.5) is 5.69 Å². The molecule has 0 spiro atoms. The number of hydrogen-bond acceptors (Lipinski definition) is 5. The number of anilines is 1. The molecule has 2 N–H and O–H groups in total. The molecule has 8 heteroatoms. The maximum absolute atomic E-state index is 12.5. The first kappa shape index (κ1) is 16.9. The monoisotopic (exact) mass is 320 g/mol. The summed E-state index contributed by atoms with van der Waals surface area (Å²) in [6.45, 7) is 3.64. The Kier molecular flexibility index (Phi) is 4.83. The van der Waals surface area contributed by atoms with Crippen LogP contribution in [0, 0.1) is 0 Å². The minimum Gasteiger partial charge on any atom is -0.398 e. The lowest BCUT2D eigenvalue weighted by Crippen LogP contribution is -2.35. The van der Waals surface area contributed by atoms with Gasteiger partial charge in [0, 0.05) is 19.3 Å². The minimum absolute atomic E-state index is 0.0348. The zero-order valence-corrected chi connectivity index (χ0v) is 13.6. The molecule has 1 rings (SSSR count). The molecule has 0 aliphatic heterocycles. The van der Waals surface area contributed by atoms with E-state index in [2.05, 4.69) is 0 Å². The molecule has 0 saturated heterocycles. The van der Waals surface area contributed by atoms with Crippen molar-refractivity contribution in [1.29, 1.82) is 0 Å². The second-order valence-corrected chi connectivity index (χ2v) is 8.73. The SMILES string of the molecule is CCC(C)N(C)S(=O)(=O)c1cc(S(C)(=O)=O)ccc1N. The first-order valence-corrected chi connectivity index (χ1v) is 9.42. The van der Waals surface area contributed by atoms with E-state index >= 15 is 0 Å². The summed E-state index contributed by atoms with van der Waals surface area (Å²) in [4.78, 5) is -0.244. The molecule has 0 bridgehead atoms. The third-order valence-corrected chi connectivity index (χ3v) is 6.42. The van der Waals surface area contributed by atoms with Gasteiger partial charge in [-0.2, -0.15) is 4.31 Å². The Morgan fingerprint density at radius 2 is 1.80 bits per heavy atom. The van der Waals surface area contributed by atoms with Gasteiger partial charge in [-0.15, -0.1) is 0 Å². The molecule has 0 radical (unpaired) electrons. The lowest BCUT2D eigenvalue weighted by molar-refractivity contribution is 0.381. The van der Waals surface area contributed by atoms with Crippen LogP contribution in [0.2, 0.25) is 0 Å². The van der Waals surface area contributed by atoms with E-state index in [0.29, 0.717) is 6.42 Å². The van der Waals surface area contributed by atoms with Gasteiger partial charge in [-0.25, -0.2) is 16.8 Å². The van der Waals surface area contributed by atoms with E-state index in [-0.39, 0.29) is 21.5 Å². The summed E-state index contributed by atoms with van der Waals surface area (Å²) in [5.74, 6) is 0. The molecule has 0 heterocycles. The van der Waals surface area contributed by atoms with Gasteiger partial charge in [0.25, 0.3) is 0 Å². The van der Waals surface area contributed by atoms with E-state index in [4.69, 9.17) is 5.73 Å². The van der Waals surface area contributed by atoms with Gasteiger partial charge in [-0.3, -0.25) is 0 Å². The van der Waals surface area contributed by atoms with Crippen molar-refractivity contribution in [3.05, 3.63) is 18.2 Å². The fourth-order valence-corrected chi connectivity index (χ4v) is 3.91. The van der Waals surface area contributed by atoms with E-state index in [1.165, 1.54) is 23.5 Å². The Hall–Kier alpha value is -1.12. The van der Waals surface area contributed by atoms with E-state index < -0.39 is 19.9 Å². The number of rotatable bonds is 5. The van der Waals surface area contributed by atoms with Crippen LogP contribution in [0.3, 0.4) is 0 Å². The first-order chi connectivity index (χ1) is 9.01. The second-order valence-electron chi connectivity index (χ2n) is 4.75. The van der Waals surface area contributed by atoms with Crippen molar-refractivity contribution in [2.75, 3.05) is 19.0 Å². The van der Waals surface area contributed by atoms with Crippen molar-refractivity contribution in [3.8, 4) is 0 Å². The third-order valence-electron chi connectivity index (χ3n) is 3.28. The quantitative estimate of drug-likeness (QED) is 0.819. The van der Waals surface area contributed by atoms with Crippen LogP contribution in [0.5, 0.6) is 0 Å². The van der Waals surface area contributed by atoms with Gasteiger partial charge in [0.2, 0.25) is 10.0 Å². The summed E-state index contributed by atoms with van der Waals surface area (Å²) in [6, 6.07) is 3.50. The highest BCUT2D eigenvalue weighted by Gasteiger charge is 2.27. The number of sulfonamides is 1. The van der Waals surface area contributed by atoms with Crippen LogP contribution in [0.15, 0.2) is 28.0 Å². The van der Waals surface area contributed by atoms with Gasteiger partial charge >= 0.3 is 0 Å². The fourth-order valence-electron chi connectivity index (χ4n) is 1.62. The van der Waals surface area contributed by atoms with Crippen molar-refractivity contribution in [2.45, 2.75) is 36.1 Å². The fraction of sp³-hybridized carbons (Fsp3) is 0.500. The zero-order chi connectivity index (χ0) is 15.7. The number of nitrogen functional groups attached to an aromatic ring is 1. The number of nitrogens with zero attached hydrogens (tertiary/aromatic N) is 1. The topological polar surface area (TPSA) is 97.5 Å². The molecule has 0 aliphatic carbocycles. The van der Waals surface area contributed by atoms with Crippen molar-refractivity contribution in [3.63, 3.8) is 0 Å². The summed E-state index contributed by atoms with van der Waals surface area (Å²) in [5, 5.41) is 0. The summed E-state index contributed by atoms with van der Waals surface area (Å²) in [6.07, 6.45) is 1.66. The Morgan fingerprint density at radius 1 is 1.25 bits per heavy atom. The van der Waals surface area contributed by atoms with E-state index in [1.807, 2.05) is 6.92 Å². The van der Waals surface area contributed by atoms with Crippen molar-refractivity contribution < 1.29 is 16.8 Å². The molecular formula is C12H20N2O4S2. The molecule has 0 aliphatic rings. The standard InChI is InChI=1S/C12H20N2O4S2/c1-5-9(2)14(3)20(17,18)12-8-10(19(4,15)16)6-7-11(12)13/h6-9H,5,13H2,1-4H3. The van der Waals surface area contributed by atoms with Crippen LogP contribution in [-0.4, -0.2) is 40.5 Å². The van der Waals surface area contributed by atoms with E-state index in [0.717, 1.165) is 12.3 Å². The second kappa shape index (κ2) is 5.71. The molecule has 1 aromatic rings.